The molecule has 0 saturated heterocycles. The number of alkyl halides is 1. The molecule has 0 fully saturated rings. The summed E-state index contributed by atoms with van der Waals surface area (Å²) in [7, 11) is 0. The normalized spacial score (nSPS) is 14.4. The molecule has 0 spiro atoms. The Hall–Kier alpha value is -0.420. The summed E-state index contributed by atoms with van der Waals surface area (Å²) >= 11 is 9.17. The highest BCUT2D eigenvalue weighted by atomic mass is 79.9. The van der Waals surface area contributed by atoms with E-state index in [-0.39, 0.29) is 5.78 Å². The number of aliphatic hydroxyl groups excluding tert-OH is 2. The summed E-state index contributed by atoms with van der Waals surface area (Å²) in [6, 6.07) is 4.66. The first-order chi connectivity index (χ1) is 7.97. The SMILES string of the molecule is CC(=O)c1ccc(C(O)C(O)CCBr)c(Cl)c1. The van der Waals surface area contributed by atoms with Gasteiger partial charge in [-0.1, -0.05) is 39.7 Å². The summed E-state index contributed by atoms with van der Waals surface area (Å²) in [5.74, 6) is -0.0889. The van der Waals surface area contributed by atoms with Crippen molar-refractivity contribution in [2.24, 2.45) is 0 Å². The first-order valence-electron chi connectivity index (χ1n) is 5.20. The van der Waals surface area contributed by atoms with Crippen molar-refractivity contribution in [1.82, 2.24) is 0 Å². The molecule has 0 aromatic heterocycles. The topological polar surface area (TPSA) is 57.5 Å². The Bertz CT molecular complexity index is 409. The van der Waals surface area contributed by atoms with Crippen molar-refractivity contribution in [2.45, 2.75) is 25.6 Å². The molecule has 0 amide bonds. The van der Waals surface area contributed by atoms with Gasteiger partial charge in [0.15, 0.2) is 5.78 Å². The second-order valence-corrected chi connectivity index (χ2v) is 4.98. The fourth-order valence-corrected chi connectivity index (χ4v) is 2.22. The molecule has 0 aliphatic heterocycles. The van der Waals surface area contributed by atoms with Gasteiger partial charge >= 0.3 is 0 Å². The van der Waals surface area contributed by atoms with E-state index in [1.807, 2.05) is 0 Å². The highest BCUT2D eigenvalue weighted by Crippen LogP contribution is 2.27. The molecule has 2 N–H and O–H groups in total. The Morgan fingerprint density at radius 2 is 2.12 bits per heavy atom. The van der Waals surface area contributed by atoms with E-state index in [1.165, 1.54) is 13.0 Å². The predicted molar refractivity (Wildman–Crippen MR) is 70.8 cm³/mol. The number of ketones is 1. The Morgan fingerprint density at radius 1 is 1.47 bits per heavy atom. The van der Waals surface area contributed by atoms with Crippen LogP contribution in [0.25, 0.3) is 0 Å². The lowest BCUT2D eigenvalue weighted by Gasteiger charge is -2.18. The van der Waals surface area contributed by atoms with E-state index in [4.69, 9.17) is 11.6 Å². The number of hydrogen-bond acceptors (Lipinski definition) is 3. The van der Waals surface area contributed by atoms with E-state index < -0.39 is 12.2 Å². The van der Waals surface area contributed by atoms with Gasteiger partial charge in [0.1, 0.15) is 6.10 Å². The van der Waals surface area contributed by atoms with Crippen LogP contribution in [0.2, 0.25) is 5.02 Å². The third-order valence-electron chi connectivity index (χ3n) is 2.49. The van der Waals surface area contributed by atoms with Gasteiger partial charge in [0.2, 0.25) is 0 Å². The van der Waals surface area contributed by atoms with Gasteiger partial charge < -0.3 is 10.2 Å². The molecular weight excluding hydrogens is 307 g/mol. The van der Waals surface area contributed by atoms with Gasteiger partial charge in [-0.25, -0.2) is 0 Å². The molecule has 2 unspecified atom stereocenters. The number of Topliss-reactive ketones (excluding diaryl/α,β-unsaturated/α-hetero) is 1. The lowest BCUT2D eigenvalue weighted by molar-refractivity contribution is 0.0174. The van der Waals surface area contributed by atoms with Gasteiger partial charge in [0, 0.05) is 21.5 Å². The minimum atomic E-state index is -1.04. The summed E-state index contributed by atoms with van der Waals surface area (Å²) in [4.78, 5) is 11.1. The first-order valence-corrected chi connectivity index (χ1v) is 6.69. The lowest BCUT2D eigenvalue weighted by Crippen LogP contribution is -2.19. The quantitative estimate of drug-likeness (QED) is 0.647. The molecule has 2 atom stereocenters. The Kier molecular flexibility index (Phi) is 5.59. The van der Waals surface area contributed by atoms with Crippen LogP contribution < -0.4 is 0 Å². The zero-order chi connectivity index (χ0) is 13.0. The van der Waals surface area contributed by atoms with Crippen LogP contribution in [0.4, 0.5) is 0 Å². The fraction of sp³-hybridized carbons (Fsp3) is 0.417. The van der Waals surface area contributed by atoms with Crippen molar-refractivity contribution in [1.29, 1.82) is 0 Å². The third kappa shape index (κ3) is 3.78. The molecule has 3 nitrogen and oxygen atoms in total. The zero-order valence-electron chi connectivity index (χ0n) is 9.36. The van der Waals surface area contributed by atoms with E-state index in [0.717, 1.165) is 0 Å². The maximum absolute atomic E-state index is 11.1. The van der Waals surface area contributed by atoms with Crippen molar-refractivity contribution in [3.05, 3.63) is 34.3 Å². The molecule has 1 rings (SSSR count). The van der Waals surface area contributed by atoms with Gasteiger partial charge in [-0.2, -0.15) is 0 Å². The van der Waals surface area contributed by atoms with Crippen LogP contribution in [-0.4, -0.2) is 27.4 Å². The second kappa shape index (κ2) is 6.50. The minimum Gasteiger partial charge on any atom is -0.390 e. The Morgan fingerprint density at radius 3 is 2.59 bits per heavy atom. The first kappa shape index (κ1) is 14.6. The minimum absolute atomic E-state index is 0.0889. The number of carbonyl (C=O) groups is 1. The van der Waals surface area contributed by atoms with Crippen molar-refractivity contribution in [3.8, 4) is 0 Å². The summed E-state index contributed by atoms with van der Waals surface area (Å²) in [6.45, 7) is 1.45. The molecule has 0 aliphatic rings. The smallest absolute Gasteiger partial charge is 0.159 e. The van der Waals surface area contributed by atoms with Gasteiger partial charge in [-0.05, 0) is 19.4 Å². The largest absolute Gasteiger partial charge is 0.390 e. The Balaban J connectivity index is 2.95. The number of benzene rings is 1. The average molecular weight is 322 g/mol. The Labute approximate surface area is 114 Å². The van der Waals surface area contributed by atoms with E-state index in [2.05, 4.69) is 15.9 Å². The number of carbonyl (C=O) groups excluding carboxylic acids is 1. The summed E-state index contributed by atoms with van der Waals surface area (Å²) in [6.07, 6.45) is -1.50. The molecule has 1 aromatic carbocycles. The standard InChI is InChI=1S/C12H14BrClO3/c1-7(15)8-2-3-9(10(14)6-8)12(17)11(16)4-5-13/h2-3,6,11-12,16-17H,4-5H2,1H3. The van der Waals surface area contributed by atoms with Crippen LogP contribution >= 0.6 is 27.5 Å². The highest BCUT2D eigenvalue weighted by Gasteiger charge is 2.20. The van der Waals surface area contributed by atoms with Gasteiger partial charge in [0.25, 0.3) is 0 Å². The van der Waals surface area contributed by atoms with Crippen molar-refractivity contribution in [2.75, 3.05) is 5.33 Å². The van der Waals surface area contributed by atoms with Crippen LogP contribution in [0.15, 0.2) is 18.2 Å². The molecule has 5 heteroatoms. The van der Waals surface area contributed by atoms with E-state index >= 15 is 0 Å². The van der Waals surface area contributed by atoms with Crippen LogP contribution in [0.1, 0.15) is 35.4 Å². The highest BCUT2D eigenvalue weighted by molar-refractivity contribution is 9.09. The summed E-state index contributed by atoms with van der Waals surface area (Å²) < 4.78 is 0. The number of aliphatic hydroxyl groups is 2. The van der Waals surface area contributed by atoms with Crippen molar-refractivity contribution in [3.63, 3.8) is 0 Å². The molecule has 94 valence electrons. The van der Waals surface area contributed by atoms with E-state index in [9.17, 15) is 15.0 Å². The molecule has 0 heterocycles. The molecule has 1 aromatic rings. The van der Waals surface area contributed by atoms with Crippen LogP contribution in [0, 0.1) is 0 Å². The molecule has 0 aliphatic carbocycles. The van der Waals surface area contributed by atoms with Gasteiger partial charge in [-0.3, -0.25) is 4.79 Å². The summed E-state index contributed by atoms with van der Waals surface area (Å²) in [5.41, 5.74) is 0.922. The summed E-state index contributed by atoms with van der Waals surface area (Å²) in [5, 5.41) is 20.4. The molecule has 0 radical (unpaired) electrons. The molecule has 0 saturated carbocycles. The molecule has 0 bridgehead atoms. The van der Waals surface area contributed by atoms with E-state index in [0.29, 0.717) is 27.9 Å². The number of hydrogen-bond donors (Lipinski definition) is 2. The van der Waals surface area contributed by atoms with Gasteiger partial charge in [-0.15, -0.1) is 0 Å². The number of rotatable bonds is 5. The average Bonchev–Trinajstić information content (AvgIpc) is 2.28. The van der Waals surface area contributed by atoms with Crippen LogP contribution in [-0.2, 0) is 0 Å². The third-order valence-corrected chi connectivity index (χ3v) is 3.28. The molecular formula is C12H14BrClO3. The zero-order valence-corrected chi connectivity index (χ0v) is 11.7. The number of halogens is 2. The van der Waals surface area contributed by atoms with Crippen molar-refractivity contribution >= 4 is 33.3 Å². The second-order valence-electron chi connectivity index (χ2n) is 3.78. The molecule has 17 heavy (non-hydrogen) atoms. The monoisotopic (exact) mass is 320 g/mol. The fourth-order valence-electron chi connectivity index (χ4n) is 1.46. The van der Waals surface area contributed by atoms with Crippen LogP contribution in [0.5, 0.6) is 0 Å². The predicted octanol–water partition coefficient (Wildman–Crippen LogP) is 2.72. The van der Waals surface area contributed by atoms with Crippen LogP contribution in [0.3, 0.4) is 0 Å². The van der Waals surface area contributed by atoms with E-state index in [1.54, 1.807) is 12.1 Å². The lowest BCUT2D eigenvalue weighted by atomic mass is 10.0. The maximum atomic E-state index is 11.1. The maximum Gasteiger partial charge on any atom is 0.159 e. The van der Waals surface area contributed by atoms with Crippen molar-refractivity contribution < 1.29 is 15.0 Å². The van der Waals surface area contributed by atoms with Gasteiger partial charge in [0.05, 0.1) is 6.10 Å².